The van der Waals surface area contributed by atoms with Gasteiger partial charge in [0.2, 0.25) is 0 Å². The van der Waals surface area contributed by atoms with Crippen LogP contribution in [-0.2, 0) is 9.53 Å². The van der Waals surface area contributed by atoms with E-state index in [1.54, 1.807) is 0 Å². The maximum absolute atomic E-state index is 11.5. The number of carbonyl (C=O) groups is 1. The van der Waals surface area contributed by atoms with E-state index in [9.17, 15) is 4.79 Å². The summed E-state index contributed by atoms with van der Waals surface area (Å²) in [6.07, 6.45) is 14.9. The molecule has 24 heavy (non-hydrogen) atoms. The Balaban J connectivity index is 1.61. The van der Waals surface area contributed by atoms with Crippen LogP contribution in [-0.4, -0.2) is 5.97 Å². The molecular weight excluding hydrogens is 296 g/mol. The van der Waals surface area contributed by atoms with Crippen molar-refractivity contribution in [3.63, 3.8) is 0 Å². The molecular formula is C22H32O2. The lowest BCUT2D eigenvalue weighted by atomic mass is 9.46. The van der Waals surface area contributed by atoms with Gasteiger partial charge in [0.25, 0.3) is 0 Å². The molecule has 5 unspecified atom stereocenters. The number of rotatable bonds is 1. The van der Waals surface area contributed by atoms with E-state index in [2.05, 4.69) is 39.0 Å². The van der Waals surface area contributed by atoms with Gasteiger partial charge >= 0.3 is 5.97 Å². The van der Waals surface area contributed by atoms with E-state index in [1.165, 1.54) is 39.0 Å². The number of allylic oxidation sites excluding steroid dienone is 4. The summed E-state index contributed by atoms with van der Waals surface area (Å²) in [6, 6.07) is 0. The molecule has 4 aliphatic rings. The molecule has 0 saturated heterocycles. The van der Waals surface area contributed by atoms with E-state index in [4.69, 9.17) is 4.74 Å². The van der Waals surface area contributed by atoms with Crippen LogP contribution in [0.15, 0.2) is 24.0 Å². The average molecular weight is 328 g/mol. The van der Waals surface area contributed by atoms with Gasteiger partial charge in [0.1, 0.15) is 5.76 Å². The Kier molecular flexibility index (Phi) is 3.75. The van der Waals surface area contributed by atoms with Crippen LogP contribution in [0.3, 0.4) is 0 Å². The number of hydrogen-bond acceptors (Lipinski definition) is 2. The molecule has 2 nitrogen and oxygen atoms in total. The van der Waals surface area contributed by atoms with Crippen LogP contribution in [0.2, 0.25) is 0 Å². The van der Waals surface area contributed by atoms with Gasteiger partial charge in [-0.3, -0.25) is 4.79 Å². The second-order valence-corrected chi connectivity index (χ2v) is 9.44. The topological polar surface area (TPSA) is 26.3 Å². The Hall–Kier alpha value is -1.05. The molecule has 4 rings (SSSR count). The van der Waals surface area contributed by atoms with Gasteiger partial charge in [0.15, 0.2) is 0 Å². The van der Waals surface area contributed by atoms with Crippen LogP contribution >= 0.6 is 0 Å². The minimum Gasteiger partial charge on any atom is -0.431 e. The van der Waals surface area contributed by atoms with E-state index in [0.29, 0.717) is 11.3 Å². The van der Waals surface area contributed by atoms with Gasteiger partial charge in [-0.05, 0) is 79.6 Å². The van der Waals surface area contributed by atoms with E-state index < -0.39 is 0 Å². The molecule has 2 heteroatoms. The van der Waals surface area contributed by atoms with Crippen molar-refractivity contribution >= 4 is 5.97 Å². The standard InChI is InChI=1S/C22H32O2/c1-14-9-11-21(3)16(13-14)5-6-17-18-7-8-20(24-15(2)23)22(18,4)12-10-19(17)21/h8-9,11,14,16-19H,5-7,10,12-13H2,1-4H3/t14?,16?,17?,18?,19?,21-,22-/m0/s1. The van der Waals surface area contributed by atoms with Gasteiger partial charge in [0.05, 0.1) is 0 Å². The Morgan fingerprint density at radius 2 is 2.00 bits per heavy atom. The Morgan fingerprint density at radius 3 is 2.75 bits per heavy atom. The van der Waals surface area contributed by atoms with E-state index >= 15 is 0 Å². The molecule has 0 aromatic carbocycles. The summed E-state index contributed by atoms with van der Waals surface area (Å²) in [5.41, 5.74) is 0.475. The third kappa shape index (κ3) is 2.24. The van der Waals surface area contributed by atoms with E-state index in [-0.39, 0.29) is 11.4 Å². The SMILES string of the molecule is CC(=O)OC1=CCC2C3CCC4CC(C)C=C[C@]4(C)C3CC[C@]12C. The van der Waals surface area contributed by atoms with Crippen LogP contribution in [0.1, 0.15) is 66.2 Å². The highest BCUT2D eigenvalue weighted by atomic mass is 16.5. The molecule has 0 bridgehead atoms. The summed E-state index contributed by atoms with van der Waals surface area (Å²) in [5.74, 6) is 4.68. The zero-order valence-electron chi connectivity index (χ0n) is 15.7. The minimum atomic E-state index is -0.162. The van der Waals surface area contributed by atoms with Crippen molar-refractivity contribution in [2.45, 2.75) is 66.2 Å². The monoisotopic (exact) mass is 328 g/mol. The molecule has 0 aromatic heterocycles. The first-order valence-corrected chi connectivity index (χ1v) is 9.93. The molecule has 0 spiro atoms. The van der Waals surface area contributed by atoms with Crippen LogP contribution in [0, 0.1) is 40.4 Å². The normalized spacial score (nSPS) is 49.7. The predicted octanol–water partition coefficient (Wildman–Crippen LogP) is 5.50. The summed E-state index contributed by atoms with van der Waals surface area (Å²) in [7, 11) is 0. The van der Waals surface area contributed by atoms with E-state index in [0.717, 1.165) is 35.9 Å². The van der Waals surface area contributed by atoms with Crippen molar-refractivity contribution < 1.29 is 9.53 Å². The number of esters is 1. The second-order valence-electron chi connectivity index (χ2n) is 9.44. The fourth-order valence-electron chi connectivity index (χ4n) is 6.84. The summed E-state index contributed by atoms with van der Waals surface area (Å²) < 4.78 is 5.62. The lowest BCUT2D eigenvalue weighted by Crippen LogP contribution is -2.52. The van der Waals surface area contributed by atoms with Gasteiger partial charge in [-0.15, -0.1) is 0 Å². The Morgan fingerprint density at radius 1 is 1.21 bits per heavy atom. The van der Waals surface area contributed by atoms with Crippen LogP contribution in [0.25, 0.3) is 0 Å². The van der Waals surface area contributed by atoms with Gasteiger partial charge in [-0.2, -0.15) is 0 Å². The van der Waals surface area contributed by atoms with Crippen molar-refractivity contribution in [2.75, 3.05) is 0 Å². The third-order valence-corrected chi connectivity index (χ3v) is 8.17. The van der Waals surface area contributed by atoms with Gasteiger partial charge in [-0.1, -0.05) is 32.9 Å². The molecule has 0 amide bonds. The smallest absolute Gasteiger partial charge is 0.307 e. The van der Waals surface area contributed by atoms with Crippen molar-refractivity contribution in [1.29, 1.82) is 0 Å². The van der Waals surface area contributed by atoms with Crippen LogP contribution < -0.4 is 0 Å². The number of hydrogen-bond donors (Lipinski definition) is 0. The molecule has 2 fully saturated rings. The molecule has 0 N–H and O–H groups in total. The minimum absolute atomic E-state index is 0.0850. The van der Waals surface area contributed by atoms with Crippen molar-refractivity contribution in [2.24, 2.45) is 40.4 Å². The number of carbonyl (C=O) groups excluding carboxylic acids is 1. The largest absolute Gasteiger partial charge is 0.431 e. The molecule has 0 aromatic rings. The summed E-state index contributed by atoms with van der Waals surface area (Å²) in [6.45, 7) is 8.79. The van der Waals surface area contributed by atoms with Crippen LogP contribution in [0.4, 0.5) is 0 Å². The molecule has 0 radical (unpaired) electrons. The summed E-state index contributed by atoms with van der Waals surface area (Å²) in [5, 5.41) is 0. The molecule has 0 heterocycles. The Labute approximate surface area is 146 Å². The maximum Gasteiger partial charge on any atom is 0.307 e. The molecule has 2 saturated carbocycles. The number of ether oxygens (including phenoxy) is 1. The first kappa shape index (κ1) is 16.4. The summed E-state index contributed by atoms with van der Waals surface area (Å²) in [4.78, 5) is 11.5. The highest BCUT2D eigenvalue weighted by Crippen LogP contribution is 2.65. The van der Waals surface area contributed by atoms with Crippen LogP contribution in [0.5, 0.6) is 0 Å². The van der Waals surface area contributed by atoms with Crippen molar-refractivity contribution in [3.05, 3.63) is 24.0 Å². The molecule has 0 aliphatic heterocycles. The van der Waals surface area contributed by atoms with Gasteiger partial charge in [-0.25, -0.2) is 0 Å². The zero-order valence-corrected chi connectivity index (χ0v) is 15.7. The maximum atomic E-state index is 11.5. The lowest BCUT2D eigenvalue weighted by Gasteiger charge is -2.59. The fraction of sp³-hybridized carbons (Fsp3) is 0.773. The lowest BCUT2D eigenvalue weighted by molar-refractivity contribution is -0.141. The second kappa shape index (κ2) is 5.47. The van der Waals surface area contributed by atoms with E-state index in [1.807, 2.05) is 0 Å². The Bertz CT molecular complexity index is 603. The fourth-order valence-corrected chi connectivity index (χ4v) is 6.84. The number of fused-ring (bicyclic) bond motifs is 5. The first-order valence-electron chi connectivity index (χ1n) is 9.93. The van der Waals surface area contributed by atoms with Crippen molar-refractivity contribution in [1.82, 2.24) is 0 Å². The first-order chi connectivity index (χ1) is 11.3. The highest BCUT2D eigenvalue weighted by Gasteiger charge is 2.58. The third-order valence-electron chi connectivity index (χ3n) is 8.17. The highest BCUT2D eigenvalue weighted by molar-refractivity contribution is 5.67. The van der Waals surface area contributed by atoms with Gasteiger partial charge < -0.3 is 4.74 Å². The summed E-state index contributed by atoms with van der Waals surface area (Å²) >= 11 is 0. The van der Waals surface area contributed by atoms with Gasteiger partial charge in [0, 0.05) is 12.3 Å². The molecule has 4 aliphatic carbocycles. The quantitative estimate of drug-likeness (QED) is 0.469. The molecule has 7 atom stereocenters. The molecule has 132 valence electrons. The van der Waals surface area contributed by atoms with Crippen molar-refractivity contribution in [3.8, 4) is 0 Å². The average Bonchev–Trinajstić information content (AvgIpc) is 2.84. The predicted molar refractivity (Wildman–Crippen MR) is 96.0 cm³/mol. The zero-order chi connectivity index (χ0) is 17.1.